The zero-order valence-corrected chi connectivity index (χ0v) is 17.5. The van der Waals surface area contributed by atoms with E-state index in [4.69, 9.17) is 43.4 Å². The summed E-state index contributed by atoms with van der Waals surface area (Å²) in [7, 11) is 3.02. The second-order valence-corrected chi connectivity index (χ2v) is 7.89. The smallest absolute Gasteiger partial charge is 0.220 e. The van der Waals surface area contributed by atoms with Gasteiger partial charge in [0.15, 0.2) is 5.82 Å². The first-order valence-electron chi connectivity index (χ1n) is 8.75. The van der Waals surface area contributed by atoms with Crippen LogP contribution in [0.5, 0.6) is 11.5 Å². The average molecular weight is 436 g/mol. The number of β-amino-alcohol motifs (C(OH)–C–C–N with tert-alkyl or cyclic N) is 1. The standard InChI is InChI=1S/C19H19Cl2N5O3/c1-19(27)7-26(8-19)17-16-9(6-23-18(22)25-16)4-10(24-17)13-14(20)11(28-2)5-12(29-3)15(13)21/h4-6,27H,7-8H2,1-3H3,(H2,22,23,25). The van der Waals surface area contributed by atoms with Gasteiger partial charge in [0.25, 0.3) is 0 Å². The molecule has 8 nitrogen and oxygen atoms in total. The Balaban J connectivity index is 1.98. The minimum absolute atomic E-state index is 0.139. The quantitative estimate of drug-likeness (QED) is 0.643. The highest BCUT2D eigenvalue weighted by Crippen LogP contribution is 2.46. The minimum atomic E-state index is -0.795. The molecule has 3 aromatic rings. The summed E-state index contributed by atoms with van der Waals surface area (Å²) in [5.74, 6) is 1.52. The first-order chi connectivity index (χ1) is 13.7. The van der Waals surface area contributed by atoms with E-state index in [1.807, 2.05) is 4.90 Å². The van der Waals surface area contributed by atoms with Crippen molar-refractivity contribution in [3.8, 4) is 22.8 Å². The maximum absolute atomic E-state index is 10.2. The number of nitrogens with two attached hydrogens (primary N) is 1. The molecule has 29 heavy (non-hydrogen) atoms. The van der Waals surface area contributed by atoms with E-state index in [1.54, 1.807) is 25.3 Å². The van der Waals surface area contributed by atoms with Crippen molar-refractivity contribution < 1.29 is 14.6 Å². The lowest BCUT2D eigenvalue weighted by atomic mass is 9.96. The fourth-order valence-electron chi connectivity index (χ4n) is 3.42. The molecule has 2 aromatic heterocycles. The zero-order valence-electron chi connectivity index (χ0n) is 16.0. The van der Waals surface area contributed by atoms with E-state index in [0.29, 0.717) is 62.6 Å². The van der Waals surface area contributed by atoms with Crippen LogP contribution in [0.2, 0.25) is 10.0 Å². The van der Waals surface area contributed by atoms with Gasteiger partial charge in [0.2, 0.25) is 5.95 Å². The lowest BCUT2D eigenvalue weighted by Gasteiger charge is -2.45. The summed E-state index contributed by atoms with van der Waals surface area (Å²) in [4.78, 5) is 15.1. The Bertz CT molecular complexity index is 1090. The highest BCUT2D eigenvalue weighted by atomic mass is 35.5. The van der Waals surface area contributed by atoms with Gasteiger partial charge < -0.3 is 25.2 Å². The molecular weight excluding hydrogens is 417 g/mol. The van der Waals surface area contributed by atoms with Gasteiger partial charge in [0.1, 0.15) is 17.0 Å². The summed E-state index contributed by atoms with van der Waals surface area (Å²) < 4.78 is 10.7. The molecule has 0 saturated carbocycles. The fraction of sp³-hybridized carbons (Fsp3) is 0.316. The van der Waals surface area contributed by atoms with Gasteiger partial charge in [-0.3, -0.25) is 0 Å². The molecule has 0 amide bonds. The highest BCUT2D eigenvalue weighted by molar-refractivity contribution is 6.41. The van der Waals surface area contributed by atoms with Crippen molar-refractivity contribution in [1.82, 2.24) is 15.0 Å². The molecule has 0 bridgehead atoms. The predicted molar refractivity (Wildman–Crippen MR) is 113 cm³/mol. The van der Waals surface area contributed by atoms with Crippen LogP contribution in [0.25, 0.3) is 22.2 Å². The van der Waals surface area contributed by atoms with E-state index in [2.05, 4.69) is 9.97 Å². The third-order valence-electron chi connectivity index (χ3n) is 4.76. The van der Waals surface area contributed by atoms with Crippen LogP contribution in [0, 0.1) is 0 Å². The van der Waals surface area contributed by atoms with Crippen LogP contribution in [0.15, 0.2) is 18.3 Å². The SMILES string of the molecule is COc1cc(OC)c(Cl)c(-c2cc3cnc(N)nc3c(N3CC(C)(O)C3)n2)c1Cl. The number of hydrogen-bond acceptors (Lipinski definition) is 8. The summed E-state index contributed by atoms with van der Waals surface area (Å²) in [6.45, 7) is 2.58. The van der Waals surface area contributed by atoms with Crippen molar-refractivity contribution in [3.05, 3.63) is 28.4 Å². The van der Waals surface area contributed by atoms with Crippen LogP contribution in [-0.2, 0) is 0 Å². The zero-order chi connectivity index (χ0) is 20.9. The Labute approximate surface area is 177 Å². The third kappa shape index (κ3) is 3.37. The van der Waals surface area contributed by atoms with Crippen molar-refractivity contribution in [3.63, 3.8) is 0 Å². The number of anilines is 2. The number of pyridine rings is 1. The van der Waals surface area contributed by atoms with Gasteiger partial charge >= 0.3 is 0 Å². The number of aromatic nitrogens is 3. The molecule has 152 valence electrons. The summed E-state index contributed by atoms with van der Waals surface area (Å²) in [5.41, 5.74) is 6.54. The van der Waals surface area contributed by atoms with Gasteiger partial charge in [-0.15, -0.1) is 0 Å². The number of nitrogens with zero attached hydrogens (tertiary/aromatic N) is 4. The van der Waals surface area contributed by atoms with Crippen molar-refractivity contribution in [2.45, 2.75) is 12.5 Å². The van der Waals surface area contributed by atoms with Crippen molar-refractivity contribution in [2.24, 2.45) is 0 Å². The molecule has 0 spiro atoms. The lowest BCUT2D eigenvalue weighted by molar-refractivity contribution is 0.0307. The van der Waals surface area contributed by atoms with Crippen LogP contribution in [0.3, 0.4) is 0 Å². The highest BCUT2D eigenvalue weighted by Gasteiger charge is 2.38. The number of nitrogen functional groups attached to an aromatic ring is 1. The maximum Gasteiger partial charge on any atom is 0.220 e. The Morgan fingerprint density at radius 1 is 1.10 bits per heavy atom. The molecule has 4 rings (SSSR count). The van der Waals surface area contributed by atoms with Crippen molar-refractivity contribution in [2.75, 3.05) is 37.9 Å². The molecule has 0 unspecified atom stereocenters. The van der Waals surface area contributed by atoms with Gasteiger partial charge in [-0.25, -0.2) is 15.0 Å². The molecule has 10 heteroatoms. The van der Waals surface area contributed by atoms with Crippen LogP contribution < -0.4 is 20.1 Å². The molecule has 1 aliphatic rings. The summed E-state index contributed by atoms with van der Waals surface area (Å²) in [5, 5.41) is 11.5. The Kier molecular flexibility index (Phi) is 4.80. The monoisotopic (exact) mass is 435 g/mol. The number of methoxy groups -OCH3 is 2. The lowest BCUT2D eigenvalue weighted by Crippen LogP contribution is -2.60. The second kappa shape index (κ2) is 7.05. The number of halogens is 2. The summed E-state index contributed by atoms with van der Waals surface area (Å²) in [6, 6.07) is 3.40. The molecule has 3 heterocycles. The molecular formula is C19H19Cl2N5O3. The Morgan fingerprint density at radius 3 is 2.28 bits per heavy atom. The van der Waals surface area contributed by atoms with E-state index in [9.17, 15) is 5.11 Å². The Morgan fingerprint density at radius 2 is 1.72 bits per heavy atom. The molecule has 0 radical (unpaired) electrons. The largest absolute Gasteiger partial charge is 0.495 e. The number of hydrogen-bond donors (Lipinski definition) is 2. The minimum Gasteiger partial charge on any atom is -0.495 e. The number of rotatable bonds is 4. The van der Waals surface area contributed by atoms with E-state index in [0.717, 1.165) is 0 Å². The fourth-order valence-corrected chi connectivity index (χ4v) is 4.12. The molecule has 1 aromatic carbocycles. The van der Waals surface area contributed by atoms with Crippen LogP contribution in [-0.4, -0.2) is 53.0 Å². The van der Waals surface area contributed by atoms with Crippen LogP contribution in [0.1, 0.15) is 6.92 Å². The van der Waals surface area contributed by atoms with Gasteiger partial charge in [0, 0.05) is 36.3 Å². The first kappa shape index (κ1) is 19.8. The second-order valence-electron chi connectivity index (χ2n) is 7.13. The molecule has 3 N–H and O–H groups in total. The van der Waals surface area contributed by atoms with Crippen LogP contribution >= 0.6 is 23.2 Å². The molecule has 0 aliphatic carbocycles. The van der Waals surface area contributed by atoms with E-state index in [-0.39, 0.29) is 5.95 Å². The number of benzene rings is 1. The van der Waals surface area contributed by atoms with E-state index in [1.165, 1.54) is 14.2 Å². The van der Waals surface area contributed by atoms with Gasteiger partial charge in [0.05, 0.1) is 35.6 Å². The molecule has 1 aliphatic heterocycles. The van der Waals surface area contributed by atoms with Gasteiger partial charge in [-0.1, -0.05) is 23.2 Å². The maximum atomic E-state index is 10.2. The van der Waals surface area contributed by atoms with Crippen molar-refractivity contribution in [1.29, 1.82) is 0 Å². The Hall–Kier alpha value is -2.55. The number of ether oxygens (including phenoxy) is 2. The van der Waals surface area contributed by atoms with Gasteiger partial charge in [-0.2, -0.15) is 0 Å². The van der Waals surface area contributed by atoms with E-state index >= 15 is 0 Å². The van der Waals surface area contributed by atoms with Gasteiger partial charge in [-0.05, 0) is 13.0 Å². The molecule has 0 atom stereocenters. The van der Waals surface area contributed by atoms with Crippen LogP contribution in [0.4, 0.5) is 11.8 Å². The molecule has 1 fully saturated rings. The predicted octanol–water partition coefficient (Wildman–Crippen LogP) is 3.17. The first-order valence-corrected chi connectivity index (χ1v) is 9.50. The molecule has 1 saturated heterocycles. The number of fused-ring (bicyclic) bond motifs is 1. The summed E-state index contributed by atoms with van der Waals surface area (Å²) in [6.07, 6.45) is 1.61. The third-order valence-corrected chi connectivity index (χ3v) is 5.51. The van der Waals surface area contributed by atoms with Crippen molar-refractivity contribution >= 4 is 45.9 Å². The summed E-state index contributed by atoms with van der Waals surface area (Å²) >= 11 is 13.1. The van der Waals surface area contributed by atoms with E-state index < -0.39 is 5.60 Å². The topological polar surface area (TPSA) is 107 Å². The number of aliphatic hydroxyl groups is 1. The normalized spacial score (nSPS) is 15.3. The average Bonchev–Trinajstić information content (AvgIpc) is 2.66.